The van der Waals surface area contributed by atoms with Crippen LogP contribution in [0.15, 0.2) is 24.3 Å². The molecule has 0 aliphatic carbocycles. The molecule has 0 saturated carbocycles. The van der Waals surface area contributed by atoms with E-state index in [0.717, 1.165) is 13.0 Å². The molecule has 0 aromatic heterocycles. The molecule has 0 atom stereocenters. The molecule has 2 aliphatic heterocycles. The number of nitrogens with one attached hydrogen (secondary N) is 2. The molecule has 5 nitrogen and oxygen atoms in total. The van der Waals surface area contributed by atoms with Gasteiger partial charge < -0.3 is 15.4 Å². The molecule has 126 valence electrons. The number of anilines is 1. The Hall–Kier alpha value is -1.75. The number of para-hydroxylation sites is 2. The van der Waals surface area contributed by atoms with Crippen LogP contribution in [0.4, 0.5) is 10.5 Å². The number of hydrogen-bond donors (Lipinski definition) is 2. The second kappa shape index (κ2) is 7.21. The summed E-state index contributed by atoms with van der Waals surface area (Å²) in [5.41, 5.74) is 1.07. The number of hydrogen-bond acceptors (Lipinski definition) is 3. The van der Waals surface area contributed by atoms with Crippen LogP contribution in [0.1, 0.15) is 39.0 Å². The molecule has 2 heterocycles. The summed E-state index contributed by atoms with van der Waals surface area (Å²) in [6.07, 6.45) is 6.21. The Bertz CT molecular complexity index is 537. The number of urea groups is 1. The van der Waals surface area contributed by atoms with Gasteiger partial charge in [0.05, 0.1) is 12.3 Å². The normalized spacial score (nSPS) is 19.3. The lowest BCUT2D eigenvalue weighted by molar-refractivity contribution is 0.181. The summed E-state index contributed by atoms with van der Waals surface area (Å²) in [6, 6.07) is 7.37. The molecule has 0 bridgehead atoms. The first kappa shape index (κ1) is 16.1. The van der Waals surface area contributed by atoms with Crippen LogP contribution in [-0.4, -0.2) is 42.7 Å². The van der Waals surface area contributed by atoms with Crippen LogP contribution in [0.3, 0.4) is 0 Å². The smallest absolute Gasteiger partial charge is 0.319 e. The zero-order valence-electron chi connectivity index (χ0n) is 13.9. The summed E-state index contributed by atoms with van der Waals surface area (Å²) < 4.78 is 5.53. The molecular weight excluding hydrogens is 290 g/mol. The molecule has 0 unspecified atom stereocenters. The molecule has 2 amide bonds. The largest absolute Gasteiger partial charge is 0.492 e. The maximum absolute atomic E-state index is 12.1. The van der Waals surface area contributed by atoms with Gasteiger partial charge in [0.2, 0.25) is 0 Å². The SMILES string of the molecule is CCOc1ccccc1NC(=O)NCCC12CCCN1CCC2. The Kier molecular flexibility index (Phi) is 5.06. The van der Waals surface area contributed by atoms with E-state index in [1.807, 2.05) is 31.2 Å². The molecule has 0 radical (unpaired) electrons. The first-order valence-corrected chi connectivity index (χ1v) is 8.75. The van der Waals surface area contributed by atoms with Crippen molar-refractivity contribution in [1.29, 1.82) is 0 Å². The van der Waals surface area contributed by atoms with Crippen molar-refractivity contribution in [2.45, 2.75) is 44.6 Å². The van der Waals surface area contributed by atoms with Gasteiger partial charge in [0, 0.05) is 12.1 Å². The van der Waals surface area contributed by atoms with Gasteiger partial charge in [0.15, 0.2) is 0 Å². The van der Waals surface area contributed by atoms with Gasteiger partial charge in [-0.2, -0.15) is 0 Å². The maximum Gasteiger partial charge on any atom is 0.319 e. The first-order valence-electron chi connectivity index (χ1n) is 8.75. The van der Waals surface area contributed by atoms with E-state index < -0.39 is 0 Å². The van der Waals surface area contributed by atoms with E-state index >= 15 is 0 Å². The second-order valence-corrected chi connectivity index (χ2v) is 6.48. The van der Waals surface area contributed by atoms with Crippen molar-refractivity contribution in [3.63, 3.8) is 0 Å². The van der Waals surface area contributed by atoms with Gasteiger partial charge in [-0.3, -0.25) is 4.90 Å². The molecule has 2 saturated heterocycles. The third kappa shape index (κ3) is 3.61. The fraction of sp³-hybridized carbons (Fsp3) is 0.611. The molecule has 5 heteroatoms. The number of carbonyl (C=O) groups excluding carboxylic acids is 1. The van der Waals surface area contributed by atoms with Crippen LogP contribution >= 0.6 is 0 Å². The van der Waals surface area contributed by atoms with Crippen molar-refractivity contribution in [2.24, 2.45) is 0 Å². The van der Waals surface area contributed by atoms with Crippen LogP contribution in [0, 0.1) is 0 Å². The van der Waals surface area contributed by atoms with Crippen molar-refractivity contribution in [3.05, 3.63) is 24.3 Å². The lowest BCUT2D eigenvalue weighted by Crippen LogP contribution is -2.42. The van der Waals surface area contributed by atoms with Crippen LogP contribution in [0.2, 0.25) is 0 Å². The number of nitrogens with zero attached hydrogens (tertiary/aromatic N) is 1. The fourth-order valence-electron chi connectivity index (χ4n) is 4.06. The third-order valence-corrected chi connectivity index (χ3v) is 5.12. The monoisotopic (exact) mass is 317 g/mol. The van der Waals surface area contributed by atoms with Gasteiger partial charge in [-0.05, 0) is 64.3 Å². The van der Waals surface area contributed by atoms with Crippen LogP contribution in [0.25, 0.3) is 0 Å². The Morgan fingerprint density at radius 2 is 2.00 bits per heavy atom. The van der Waals surface area contributed by atoms with Gasteiger partial charge in [-0.1, -0.05) is 12.1 Å². The van der Waals surface area contributed by atoms with E-state index in [4.69, 9.17) is 4.74 Å². The number of fused-ring (bicyclic) bond motifs is 1. The number of carbonyl (C=O) groups is 1. The number of rotatable bonds is 6. The van der Waals surface area contributed by atoms with E-state index in [9.17, 15) is 4.79 Å². The number of ether oxygens (including phenoxy) is 1. The van der Waals surface area contributed by atoms with Crippen LogP contribution in [0.5, 0.6) is 5.75 Å². The average molecular weight is 317 g/mol. The minimum Gasteiger partial charge on any atom is -0.492 e. The zero-order valence-corrected chi connectivity index (χ0v) is 13.9. The van der Waals surface area contributed by atoms with Crippen molar-refractivity contribution in [1.82, 2.24) is 10.2 Å². The molecule has 23 heavy (non-hydrogen) atoms. The van der Waals surface area contributed by atoms with Gasteiger partial charge in [0.1, 0.15) is 5.75 Å². The highest BCUT2D eigenvalue weighted by atomic mass is 16.5. The fourth-order valence-corrected chi connectivity index (χ4v) is 4.06. The van der Waals surface area contributed by atoms with E-state index in [1.165, 1.54) is 38.8 Å². The van der Waals surface area contributed by atoms with E-state index in [-0.39, 0.29) is 6.03 Å². The average Bonchev–Trinajstić information content (AvgIpc) is 3.09. The first-order chi connectivity index (χ1) is 11.2. The van der Waals surface area contributed by atoms with E-state index in [2.05, 4.69) is 15.5 Å². The van der Waals surface area contributed by atoms with Gasteiger partial charge in [0.25, 0.3) is 0 Å². The van der Waals surface area contributed by atoms with Gasteiger partial charge in [-0.15, -0.1) is 0 Å². The standard InChI is InChI=1S/C18H27N3O2/c1-2-23-16-8-4-3-7-15(16)20-17(22)19-12-11-18-9-5-13-21(18)14-6-10-18/h3-4,7-8H,2,5-6,9-14H2,1H3,(H2,19,20,22). The molecule has 3 rings (SSSR count). The molecule has 0 spiro atoms. The number of benzene rings is 1. The van der Waals surface area contributed by atoms with Crippen LogP contribution < -0.4 is 15.4 Å². The van der Waals surface area contributed by atoms with E-state index in [0.29, 0.717) is 23.6 Å². The minimum atomic E-state index is -0.156. The van der Waals surface area contributed by atoms with E-state index in [1.54, 1.807) is 0 Å². The molecular formula is C18H27N3O2. The molecule has 2 fully saturated rings. The summed E-state index contributed by atoms with van der Waals surface area (Å²) in [4.78, 5) is 14.8. The topological polar surface area (TPSA) is 53.6 Å². The summed E-state index contributed by atoms with van der Waals surface area (Å²) in [5.74, 6) is 0.710. The lowest BCUT2D eigenvalue weighted by atomic mass is 9.90. The second-order valence-electron chi connectivity index (χ2n) is 6.48. The Balaban J connectivity index is 1.49. The highest BCUT2D eigenvalue weighted by molar-refractivity contribution is 5.90. The van der Waals surface area contributed by atoms with Crippen molar-refractivity contribution in [3.8, 4) is 5.75 Å². The molecule has 1 aromatic carbocycles. The summed E-state index contributed by atoms with van der Waals surface area (Å²) in [7, 11) is 0. The molecule has 2 aliphatic rings. The molecule has 1 aromatic rings. The summed E-state index contributed by atoms with van der Waals surface area (Å²) >= 11 is 0. The van der Waals surface area contributed by atoms with Crippen LogP contribution in [-0.2, 0) is 0 Å². The Morgan fingerprint density at radius 1 is 1.26 bits per heavy atom. The Morgan fingerprint density at radius 3 is 2.74 bits per heavy atom. The number of amides is 2. The third-order valence-electron chi connectivity index (χ3n) is 5.12. The predicted octanol–water partition coefficient (Wildman–Crippen LogP) is 3.23. The maximum atomic E-state index is 12.1. The van der Waals surface area contributed by atoms with Crippen molar-refractivity contribution >= 4 is 11.7 Å². The van der Waals surface area contributed by atoms with Gasteiger partial charge >= 0.3 is 6.03 Å². The highest BCUT2D eigenvalue weighted by Gasteiger charge is 2.43. The predicted molar refractivity (Wildman–Crippen MR) is 92.0 cm³/mol. The highest BCUT2D eigenvalue weighted by Crippen LogP contribution is 2.40. The summed E-state index contributed by atoms with van der Waals surface area (Å²) in [6.45, 7) is 5.70. The Labute approximate surface area is 138 Å². The quantitative estimate of drug-likeness (QED) is 0.847. The zero-order chi connectivity index (χ0) is 16.1. The van der Waals surface area contributed by atoms with Gasteiger partial charge in [-0.25, -0.2) is 4.79 Å². The lowest BCUT2D eigenvalue weighted by Gasteiger charge is -2.32. The van der Waals surface area contributed by atoms with Crippen molar-refractivity contribution < 1.29 is 9.53 Å². The minimum absolute atomic E-state index is 0.156. The van der Waals surface area contributed by atoms with Crippen molar-refractivity contribution in [2.75, 3.05) is 31.6 Å². The summed E-state index contributed by atoms with van der Waals surface area (Å²) in [5, 5.41) is 5.89. The molecule has 2 N–H and O–H groups in total.